The molecule has 0 amide bonds. The van der Waals surface area contributed by atoms with Gasteiger partial charge in [-0.2, -0.15) is 0 Å². The Morgan fingerprint density at radius 2 is 1.23 bits per heavy atom. The van der Waals surface area contributed by atoms with E-state index < -0.39 is 14.4 Å². The van der Waals surface area contributed by atoms with Gasteiger partial charge in [0.05, 0.1) is 6.61 Å². The van der Waals surface area contributed by atoms with Gasteiger partial charge in [0.1, 0.15) is 6.10 Å². The van der Waals surface area contributed by atoms with Crippen LogP contribution in [0.25, 0.3) is 0 Å². The second-order valence-electron chi connectivity index (χ2n) is 9.88. The molecule has 0 spiro atoms. The Kier molecular flexibility index (Phi) is 11.7. The van der Waals surface area contributed by atoms with E-state index in [-0.39, 0.29) is 6.29 Å². The number of rotatable bonds is 12. The largest absolute Gasteiger partial charge is 0.412 e. The monoisotopic (exact) mass is 496 g/mol. The van der Waals surface area contributed by atoms with Crippen molar-refractivity contribution in [3.63, 3.8) is 0 Å². The summed E-state index contributed by atoms with van der Waals surface area (Å²) in [7, 11) is -1.89. The lowest BCUT2D eigenvalue weighted by Crippen LogP contribution is -2.47. The van der Waals surface area contributed by atoms with Crippen LogP contribution in [0.4, 0.5) is 0 Å². The molecule has 0 aliphatic heterocycles. The zero-order valence-electron chi connectivity index (χ0n) is 22.8. The Morgan fingerprint density at radius 3 is 1.69 bits per heavy atom. The second-order valence-corrected chi connectivity index (χ2v) is 15.3. The molecule has 0 aliphatic carbocycles. The van der Waals surface area contributed by atoms with Gasteiger partial charge in [0, 0.05) is 24.3 Å². The average molecular weight is 497 g/mol. The number of hydrogen-bond donors (Lipinski definition) is 1. The normalized spacial score (nSPS) is 12.9. The van der Waals surface area contributed by atoms with E-state index in [0.717, 1.165) is 22.3 Å². The zero-order chi connectivity index (χ0) is 26.0. The van der Waals surface area contributed by atoms with Gasteiger partial charge in [0.15, 0.2) is 6.29 Å². The first kappa shape index (κ1) is 29.3. The van der Waals surface area contributed by atoms with Gasteiger partial charge in [0.25, 0.3) is 0 Å². The van der Waals surface area contributed by atoms with Crippen LogP contribution in [0.1, 0.15) is 90.0 Å². The van der Waals surface area contributed by atoms with Crippen molar-refractivity contribution < 1.29 is 19.0 Å². The van der Waals surface area contributed by atoms with E-state index in [1.54, 1.807) is 0 Å². The minimum Gasteiger partial charge on any atom is -0.412 e. The number of aliphatic hydroxyl groups excluding tert-OH is 1. The predicted octanol–water partition coefficient (Wildman–Crippen LogP) is 7.54. The van der Waals surface area contributed by atoms with Gasteiger partial charge in [-0.05, 0) is 53.7 Å². The quantitative estimate of drug-likeness (QED) is 0.187. The lowest BCUT2D eigenvalue weighted by atomic mass is 10.1. The van der Waals surface area contributed by atoms with Crippen LogP contribution in [0.3, 0.4) is 0 Å². The molecule has 0 fully saturated rings. The predicted molar refractivity (Wildman–Crippen MR) is 147 cm³/mol. The van der Waals surface area contributed by atoms with E-state index in [4.69, 9.17) is 13.9 Å². The zero-order valence-corrected chi connectivity index (χ0v) is 23.8. The topological polar surface area (TPSA) is 47.9 Å². The highest BCUT2D eigenvalue weighted by Gasteiger charge is 2.44. The van der Waals surface area contributed by atoms with Crippen molar-refractivity contribution >= 4 is 8.32 Å². The van der Waals surface area contributed by atoms with Crippen molar-refractivity contribution in [3.8, 4) is 11.8 Å². The van der Waals surface area contributed by atoms with Crippen molar-refractivity contribution in [1.82, 2.24) is 0 Å². The molecule has 0 radical (unpaired) electrons. The fourth-order valence-electron chi connectivity index (χ4n) is 5.01. The molecule has 2 rings (SSSR count). The Hall–Kier alpha value is -1.94. The summed E-state index contributed by atoms with van der Waals surface area (Å²) < 4.78 is 18.0. The Labute approximate surface area is 214 Å². The van der Waals surface area contributed by atoms with Crippen LogP contribution in [0.2, 0.25) is 16.6 Å². The van der Waals surface area contributed by atoms with Crippen LogP contribution in [-0.4, -0.2) is 26.6 Å². The number of hydrogen-bond acceptors (Lipinski definition) is 4. The van der Waals surface area contributed by atoms with E-state index in [0.29, 0.717) is 36.4 Å². The molecule has 0 aliphatic rings. The van der Waals surface area contributed by atoms with Crippen LogP contribution < -0.4 is 0 Å². The molecule has 2 aromatic rings. The molecule has 0 saturated heterocycles. The van der Waals surface area contributed by atoms with Crippen LogP contribution >= 0.6 is 0 Å². The third kappa shape index (κ3) is 7.77. The summed E-state index contributed by atoms with van der Waals surface area (Å²) >= 11 is 0. The molecule has 0 heterocycles. The molecule has 0 bridgehead atoms. The Morgan fingerprint density at radius 1 is 0.743 bits per heavy atom. The fraction of sp³-hybridized carbons (Fsp3) is 0.533. The molecule has 2 aromatic carbocycles. The van der Waals surface area contributed by atoms with Crippen LogP contribution in [0.5, 0.6) is 0 Å². The summed E-state index contributed by atoms with van der Waals surface area (Å²) in [6.45, 7) is 19.5. The molecular formula is C30H44O4Si. The molecule has 1 unspecified atom stereocenters. The van der Waals surface area contributed by atoms with Gasteiger partial charge in [-0.3, -0.25) is 0 Å². The maximum Gasteiger partial charge on any atom is 0.200 e. The smallest absolute Gasteiger partial charge is 0.200 e. The van der Waals surface area contributed by atoms with Gasteiger partial charge in [-0.25, -0.2) is 0 Å². The highest BCUT2D eigenvalue weighted by Crippen LogP contribution is 2.42. The summed E-state index contributed by atoms with van der Waals surface area (Å²) in [5.74, 6) is 6.05. The van der Waals surface area contributed by atoms with Gasteiger partial charge in [-0.15, -0.1) is 0 Å². The van der Waals surface area contributed by atoms with Crippen molar-refractivity contribution in [1.29, 1.82) is 0 Å². The molecular weight excluding hydrogens is 452 g/mol. The molecule has 1 atom stereocenters. The third-order valence-electron chi connectivity index (χ3n) is 6.66. The van der Waals surface area contributed by atoms with E-state index in [2.05, 4.69) is 65.5 Å². The van der Waals surface area contributed by atoms with Crippen molar-refractivity contribution in [2.75, 3.05) is 13.2 Å². The first-order chi connectivity index (χ1) is 16.6. The third-order valence-corrected chi connectivity index (χ3v) is 12.7. The summed E-state index contributed by atoms with van der Waals surface area (Å²) in [6.07, 6.45) is -1.25. The Bertz CT molecular complexity index is 911. The number of ether oxygens (including phenoxy) is 2. The summed E-state index contributed by atoms with van der Waals surface area (Å²) in [4.78, 5) is 0. The van der Waals surface area contributed by atoms with E-state index in [1.807, 2.05) is 50.2 Å². The second kappa shape index (κ2) is 14.0. The first-order valence-corrected chi connectivity index (χ1v) is 15.0. The highest BCUT2D eigenvalue weighted by molar-refractivity contribution is 6.77. The SMILES string of the molecule is CCOC(OCC)c1ccc(C(O)C#Cc2ccc(CO[Si](C(C)C)(C(C)C)C(C)C)cc2)cc1. The van der Waals surface area contributed by atoms with E-state index >= 15 is 0 Å². The molecule has 0 aromatic heterocycles. The van der Waals surface area contributed by atoms with Gasteiger partial charge in [-0.1, -0.05) is 89.8 Å². The van der Waals surface area contributed by atoms with Crippen LogP contribution in [0.15, 0.2) is 48.5 Å². The molecule has 35 heavy (non-hydrogen) atoms. The molecule has 192 valence electrons. The molecule has 0 saturated carbocycles. The van der Waals surface area contributed by atoms with Gasteiger partial charge >= 0.3 is 0 Å². The van der Waals surface area contributed by atoms with E-state index in [9.17, 15) is 5.11 Å². The molecule has 5 heteroatoms. The lowest BCUT2D eigenvalue weighted by molar-refractivity contribution is -0.140. The van der Waals surface area contributed by atoms with Gasteiger partial charge < -0.3 is 19.0 Å². The number of aliphatic hydroxyl groups is 1. The first-order valence-electron chi connectivity index (χ1n) is 12.9. The average Bonchev–Trinajstić information content (AvgIpc) is 2.83. The van der Waals surface area contributed by atoms with Crippen LogP contribution in [-0.2, 0) is 20.5 Å². The summed E-state index contributed by atoms with van der Waals surface area (Å²) in [5, 5.41) is 10.6. The number of benzene rings is 2. The maximum absolute atomic E-state index is 10.6. The van der Waals surface area contributed by atoms with Crippen LogP contribution in [0, 0.1) is 11.8 Å². The summed E-state index contributed by atoms with van der Waals surface area (Å²) in [6, 6.07) is 15.7. The fourth-order valence-corrected chi connectivity index (χ4v) is 10.4. The minimum atomic E-state index is -1.89. The lowest BCUT2D eigenvalue weighted by Gasteiger charge is -2.42. The maximum atomic E-state index is 10.6. The standard InChI is InChI=1S/C30H44O4Si/c1-9-32-30(33-10-2)28-18-16-27(17-19-28)29(31)20-15-25-11-13-26(14-12-25)21-34-35(22(3)4,23(5)6)24(7)8/h11-14,16-19,22-24,29-31H,9-10,21H2,1-8H3. The highest BCUT2D eigenvalue weighted by atomic mass is 28.4. The van der Waals surface area contributed by atoms with Gasteiger partial charge in [0.2, 0.25) is 8.32 Å². The molecule has 4 nitrogen and oxygen atoms in total. The summed E-state index contributed by atoms with van der Waals surface area (Å²) in [5.41, 5.74) is 5.39. The Balaban J connectivity index is 2.04. The minimum absolute atomic E-state index is 0.390. The van der Waals surface area contributed by atoms with Crippen molar-refractivity contribution in [2.24, 2.45) is 0 Å². The van der Waals surface area contributed by atoms with E-state index in [1.165, 1.54) is 0 Å². The van der Waals surface area contributed by atoms with Crippen molar-refractivity contribution in [3.05, 3.63) is 70.8 Å². The van der Waals surface area contributed by atoms with Crippen molar-refractivity contribution in [2.45, 2.75) is 91.0 Å². The molecule has 1 N–H and O–H groups in total.